The Hall–Kier alpha value is -2.16. The maximum atomic E-state index is 10.6. The minimum absolute atomic E-state index is 0.206. The normalized spacial score (nSPS) is 18.9. The maximum absolute atomic E-state index is 10.6. The molecule has 1 aromatic rings. The molecular weight excluding hydrogens is 244 g/mol. The molecule has 1 aliphatic heterocycles. The van der Waals surface area contributed by atoms with Crippen LogP contribution >= 0.6 is 0 Å². The second-order valence-electron chi connectivity index (χ2n) is 4.74. The summed E-state index contributed by atoms with van der Waals surface area (Å²) in [6.45, 7) is 1.63. The molecule has 0 spiro atoms. The third-order valence-corrected chi connectivity index (χ3v) is 3.33. The molecule has 1 unspecified atom stereocenters. The van der Waals surface area contributed by atoms with Gasteiger partial charge in [-0.25, -0.2) is 9.97 Å². The summed E-state index contributed by atoms with van der Waals surface area (Å²) < 4.78 is 0. The van der Waals surface area contributed by atoms with Gasteiger partial charge < -0.3 is 10.0 Å². The lowest BCUT2D eigenvalue weighted by atomic mass is 9.93. The van der Waals surface area contributed by atoms with Crippen LogP contribution in [-0.2, 0) is 4.79 Å². The van der Waals surface area contributed by atoms with E-state index in [0.29, 0.717) is 24.0 Å². The SMILES string of the molecule is N#Cc1ccnc(N2CCCC(CCC(=O)O)C2)n1. The van der Waals surface area contributed by atoms with E-state index in [1.807, 2.05) is 11.0 Å². The van der Waals surface area contributed by atoms with E-state index in [1.165, 1.54) is 0 Å². The van der Waals surface area contributed by atoms with Crippen LogP contribution in [0.15, 0.2) is 12.3 Å². The van der Waals surface area contributed by atoms with Gasteiger partial charge in [-0.3, -0.25) is 4.79 Å². The van der Waals surface area contributed by atoms with Gasteiger partial charge in [-0.15, -0.1) is 0 Å². The predicted octanol–water partition coefficient (Wildman–Crippen LogP) is 1.43. The molecular formula is C13H16N4O2. The van der Waals surface area contributed by atoms with Crippen LogP contribution in [0.3, 0.4) is 0 Å². The fourth-order valence-corrected chi connectivity index (χ4v) is 2.37. The average Bonchev–Trinajstić information content (AvgIpc) is 2.45. The molecule has 1 atom stereocenters. The average molecular weight is 260 g/mol. The molecule has 1 aromatic heterocycles. The van der Waals surface area contributed by atoms with Crippen LogP contribution in [0.1, 0.15) is 31.4 Å². The maximum Gasteiger partial charge on any atom is 0.303 e. The predicted molar refractivity (Wildman–Crippen MR) is 68.6 cm³/mol. The summed E-state index contributed by atoms with van der Waals surface area (Å²) in [5.41, 5.74) is 0.359. The molecule has 2 rings (SSSR count). The molecule has 0 aliphatic carbocycles. The summed E-state index contributed by atoms with van der Waals surface area (Å²) in [6.07, 6.45) is 4.52. The second-order valence-corrected chi connectivity index (χ2v) is 4.74. The number of hydrogen-bond acceptors (Lipinski definition) is 5. The number of carboxylic acids is 1. The third kappa shape index (κ3) is 3.65. The number of hydrogen-bond donors (Lipinski definition) is 1. The van der Waals surface area contributed by atoms with Gasteiger partial charge in [0.05, 0.1) is 0 Å². The summed E-state index contributed by atoms with van der Waals surface area (Å²) in [7, 11) is 0. The van der Waals surface area contributed by atoms with Gasteiger partial charge in [0.2, 0.25) is 5.95 Å². The first-order chi connectivity index (χ1) is 9.19. The van der Waals surface area contributed by atoms with Gasteiger partial charge >= 0.3 is 5.97 Å². The number of aliphatic carboxylic acids is 1. The monoisotopic (exact) mass is 260 g/mol. The molecule has 6 heteroatoms. The summed E-state index contributed by atoms with van der Waals surface area (Å²) in [5, 5.41) is 17.6. The Labute approximate surface area is 111 Å². The van der Waals surface area contributed by atoms with Crippen molar-refractivity contribution in [3.05, 3.63) is 18.0 Å². The van der Waals surface area contributed by atoms with Gasteiger partial charge in [0.15, 0.2) is 0 Å². The molecule has 0 amide bonds. The molecule has 0 radical (unpaired) electrons. The Bertz CT molecular complexity index is 498. The van der Waals surface area contributed by atoms with E-state index in [-0.39, 0.29) is 6.42 Å². The van der Waals surface area contributed by atoms with Crippen LogP contribution in [0.5, 0.6) is 0 Å². The number of nitrogens with zero attached hydrogens (tertiary/aromatic N) is 4. The molecule has 1 N–H and O–H groups in total. The number of anilines is 1. The molecule has 1 aliphatic rings. The van der Waals surface area contributed by atoms with Gasteiger partial charge in [0.25, 0.3) is 0 Å². The Morgan fingerprint density at radius 2 is 2.47 bits per heavy atom. The lowest BCUT2D eigenvalue weighted by molar-refractivity contribution is -0.137. The van der Waals surface area contributed by atoms with E-state index < -0.39 is 5.97 Å². The van der Waals surface area contributed by atoms with Crippen LogP contribution in [0.4, 0.5) is 5.95 Å². The van der Waals surface area contributed by atoms with Gasteiger partial charge in [0, 0.05) is 25.7 Å². The summed E-state index contributed by atoms with van der Waals surface area (Å²) >= 11 is 0. The van der Waals surface area contributed by atoms with Gasteiger partial charge in [-0.2, -0.15) is 5.26 Å². The number of carbonyl (C=O) groups is 1. The number of piperidine rings is 1. The molecule has 100 valence electrons. The Kier molecular flexibility index (Phi) is 4.29. The first-order valence-electron chi connectivity index (χ1n) is 6.39. The van der Waals surface area contributed by atoms with E-state index in [1.54, 1.807) is 12.3 Å². The molecule has 2 heterocycles. The lowest BCUT2D eigenvalue weighted by Gasteiger charge is -2.32. The zero-order valence-electron chi connectivity index (χ0n) is 10.6. The van der Waals surface area contributed by atoms with Crippen molar-refractivity contribution in [2.24, 2.45) is 5.92 Å². The van der Waals surface area contributed by atoms with Crippen LogP contribution in [0.25, 0.3) is 0 Å². The van der Waals surface area contributed by atoms with E-state index in [2.05, 4.69) is 9.97 Å². The van der Waals surface area contributed by atoms with Crippen molar-refractivity contribution in [2.75, 3.05) is 18.0 Å². The third-order valence-electron chi connectivity index (χ3n) is 3.33. The van der Waals surface area contributed by atoms with Crippen molar-refractivity contribution < 1.29 is 9.90 Å². The largest absolute Gasteiger partial charge is 0.481 e. The number of carboxylic acid groups (broad SMARTS) is 1. The molecule has 0 bridgehead atoms. The van der Waals surface area contributed by atoms with Crippen molar-refractivity contribution in [3.63, 3.8) is 0 Å². The zero-order chi connectivity index (χ0) is 13.7. The van der Waals surface area contributed by atoms with Crippen LogP contribution < -0.4 is 4.90 Å². The molecule has 0 saturated carbocycles. The van der Waals surface area contributed by atoms with Crippen molar-refractivity contribution in [1.29, 1.82) is 5.26 Å². The molecule has 1 fully saturated rings. The Morgan fingerprint density at radius 3 is 3.21 bits per heavy atom. The van der Waals surface area contributed by atoms with Crippen molar-refractivity contribution in [2.45, 2.75) is 25.7 Å². The quantitative estimate of drug-likeness (QED) is 0.880. The van der Waals surface area contributed by atoms with E-state index in [0.717, 1.165) is 25.9 Å². The standard InChI is InChI=1S/C13H16N4O2/c14-8-11-5-6-15-13(16-11)17-7-1-2-10(9-17)3-4-12(18)19/h5-6,10H,1-4,7,9H2,(H,18,19). The van der Waals surface area contributed by atoms with Gasteiger partial charge in [-0.05, 0) is 31.2 Å². The highest BCUT2D eigenvalue weighted by molar-refractivity contribution is 5.66. The fourth-order valence-electron chi connectivity index (χ4n) is 2.37. The Morgan fingerprint density at radius 1 is 1.63 bits per heavy atom. The van der Waals surface area contributed by atoms with Crippen LogP contribution in [0, 0.1) is 17.2 Å². The molecule has 0 aromatic carbocycles. The zero-order valence-corrected chi connectivity index (χ0v) is 10.6. The highest BCUT2D eigenvalue weighted by Crippen LogP contribution is 2.23. The number of nitriles is 1. The smallest absolute Gasteiger partial charge is 0.303 e. The highest BCUT2D eigenvalue weighted by Gasteiger charge is 2.22. The van der Waals surface area contributed by atoms with Crippen molar-refractivity contribution in [1.82, 2.24) is 9.97 Å². The van der Waals surface area contributed by atoms with E-state index >= 15 is 0 Å². The highest BCUT2D eigenvalue weighted by atomic mass is 16.4. The lowest BCUT2D eigenvalue weighted by Crippen LogP contribution is -2.36. The van der Waals surface area contributed by atoms with E-state index in [4.69, 9.17) is 10.4 Å². The van der Waals surface area contributed by atoms with Gasteiger partial charge in [-0.1, -0.05) is 0 Å². The minimum atomic E-state index is -0.750. The summed E-state index contributed by atoms with van der Waals surface area (Å²) in [5.74, 6) is 0.179. The first-order valence-corrected chi connectivity index (χ1v) is 6.39. The Balaban J connectivity index is 2.00. The first kappa shape index (κ1) is 13.3. The number of aromatic nitrogens is 2. The van der Waals surface area contributed by atoms with Gasteiger partial charge in [0.1, 0.15) is 11.8 Å². The second kappa shape index (κ2) is 6.14. The fraction of sp³-hybridized carbons (Fsp3) is 0.538. The minimum Gasteiger partial charge on any atom is -0.481 e. The summed E-state index contributed by atoms with van der Waals surface area (Å²) in [4.78, 5) is 21.0. The molecule has 19 heavy (non-hydrogen) atoms. The molecule has 1 saturated heterocycles. The van der Waals surface area contributed by atoms with Crippen LogP contribution in [0.2, 0.25) is 0 Å². The van der Waals surface area contributed by atoms with E-state index in [9.17, 15) is 4.79 Å². The van der Waals surface area contributed by atoms with Crippen molar-refractivity contribution in [3.8, 4) is 6.07 Å². The number of rotatable bonds is 4. The summed E-state index contributed by atoms with van der Waals surface area (Å²) in [6, 6.07) is 3.58. The van der Waals surface area contributed by atoms with Crippen molar-refractivity contribution >= 4 is 11.9 Å². The topological polar surface area (TPSA) is 90.1 Å². The van der Waals surface area contributed by atoms with Crippen LogP contribution in [-0.4, -0.2) is 34.1 Å². The molecule has 6 nitrogen and oxygen atoms in total.